The minimum Gasteiger partial charge on any atom is -0.381 e. The molecule has 1 unspecified atom stereocenters. The van der Waals surface area contributed by atoms with Crippen LogP contribution in [0.25, 0.3) is 0 Å². The first-order chi connectivity index (χ1) is 15.0. The fourth-order valence-corrected chi connectivity index (χ4v) is 4.65. The highest BCUT2D eigenvalue weighted by atomic mass is 16.5. The monoisotopic (exact) mass is 428 g/mol. The molecule has 0 aromatic heterocycles. The lowest BCUT2D eigenvalue weighted by molar-refractivity contribution is 0.150. The number of aliphatic imine (C=N–C) groups is 1. The van der Waals surface area contributed by atoms with Crippen molar-refractivity contribution >= 4 is 5.96 Å². The van der Waals surface area contributed by atoms with Crippen LogP contribution in [0.1, 0.15) is 58.4 Å². The number of nitrogens with one attached hydrogen (secondary N) is 2. The average Bonchev–Trinajstić information content (AvgIpc) is 3.27. The Hall–Kier alpha value is -1.59. The third-order valence-electron chi connectivity index (χ3n) is 6.64. The molecular weight excluding hydrogens is 384 g/mol. The highest BCUT2D eigenvalue weighted by Gasteiger charge is 2.24. The molecule has 0 saturated carbocycles. The SMILES string of the molecule is CCNC(=NCC(C)(C)CCCc1ccccc1)NC1CCN(CC2CCOC2)CC1. The number of likely N-dealkylation sites (tertiary alicyclic amines) is 1. The molecule has 2 aliphatic rings. The van der Waals surface area contributed by atoms with E-state index in [9.17, 15) is 0 Å². The molecule has 2 saturated heterocycles. The zero-order chi connectivity index (χ0) is 21.9. The van der Waals surface area contributed by atoms with Gasteiger partial charge in [0, 0.05) is 45.4 Å². The highest BCUT2D eigenvalue weighted by Crippen LogP contribution is 2.24. The molecule has 174 valence electrons. The van der Waals surface area contributed by atoms with E-state index >= 15 is 0 Å². The number of ether oxygens (including phenoxy) is 1. The van der Waals surface area contributed by atoms with Crippen LogP contribution in [0.15, 0.2) is 35.3 Å². The summed E-state index contributed by atoms with van der Waals surface area (Å²) >= 11 is 0. The van der Waals surface area contributed by atoms with Crippen molar-refractivity contribution in [2.45, 2.75) is 65.3 Å². The Morgan fingerprint density at radius 2 is 1.94 bits per heavy atom. The van der Waals surface area contributed by atoms with Gasteiger partial charge in [-0.2, -0.15) is 0 Å². The van der Waals surface area contributed by atoms with E-state index in [0.29, 0.717) is 6.04 Å². The summed E-state index contributed by atoms with van der Waals surface area (Å²) in [5, 5.41) is 7.18. The number of guanidine groups is 1. The van der Waals surface area contributed by atoms with Crippen LogP contribution in [-0.4, -0.2) is 62.8 Å². The Morgan fingerprint density at radius 1 is 1.16 bits per heavy atom. The molecule has 0 spiro atoms. The predicted molar refractivity (Wildman–Crippen MR) is 131 cm³/mol. The van der Waals surface area contributed by atoms with Gasteiger partial charge in [0.1, 0.15) is 0 Å². The van der Waals surface area contributed by atoms with E-state index < -0.39 is 0 Å². The van der Waals surface area contributed by atoms with E-state index in [2.05, 4.69) is 66.6 Å². The molecule has 0 bridgehead atoms. The second-order valence-corrected chi connectivity index (χ2v) is 10.1. The van der Waals surface area contributed by atoms with Crippen molar-refractivity contribution in [3.05, 3.63) is 35.9 Å². The molecule has 0 radical (unpaired) electrons. The molecule has 2 heterocycles. The van der Waals surface area contributed by atoms with Gasteiger partial charge in [-0.1, -0.05) is 44.2 Å². The largest absolute Gasteiger partial charge is 0.381 e. The van der Waals surface area contributed by atoms with Gasteiger partial charge in [0.2, 0.25) is 0 Å². The molecule has 1 atom stereocenters. The van der Waals surface area contributed by atoms with Gasteiger partial charge < -0.3 is 20.3 Å². The molecule has 0 amide bonds. The maximum absolute atomic E-state index is 5.54. The summed E-state index contributed by atoms with van der Waals surface area (Å²) in [6.45, 7) is 14.1. The van der Waals surface area contributed by atoms with Crippen LogP contribution in [0.4, 0.5) is 0 Å². The van der Waals surface area contributed by atoms with Crippen molar-refractivity contribution in [1.82, 2.24) is 15.5 Å². The Morgan fingerprint density at radius 3 is 2.61 bits per heavy atom. The summed E-state index contributed by atoms with van der Waals surface area (Å²) < 4.78 is 5.54. The molecule has 5 heteroatoms. The van der Waals surface area contributed by atoms with Crippen LogP contribution in [0, 0.1) is 11.3 Å². The Bertz CT molecular complexity index is 647. The standard InChI is InChI=1S/C26H44N4O/c1-4-27-25(28-21-26(2,3)15-8-11-22-9-6-5-7-10-22)29-24-12-16-30(17-13-24)19-23-14-18-31-20-23/h5-7,9-10,23-24H,4,8,11-21H2,1-3H3,(H2,27,28,29). The minimum atomic E-state index is 0.212. The Labute approximate surface area is 190 Å². The molecule has 1 aromatic rings. The Balaban J connectivity index is 1.40. The fraction of sp³-hybridized carbons (Fsp3) is 0.731. The van der Waals surface area contributed by atoms with E-state index in [0.717, 1.165) is 44.6 Å². The third kappa shape index (κ3) is 8.82. The van der Waals surface area contributed by atoms with E-state index in [1.165, 1.54) is 57.3 Å². The van der Waals surface area contributed by atoms with Crippen LogP contribution in [0.3, 0.4) is 0 Å². The summed E-state index contributed by atoms with van der Waals surface area (Å²) in [7, 11) is 0. The quantitative estimate of drug-likeness (QED) is 0.435. The van der Waals surface area contributed by atoms with Gasteiger partial charge in [-0.15, -0.1) is 0 Å². The van der Waals surface area contributed by atoms with Crippen molar-refractivity contribution in [3.63, 3.8) is 0 Å². The molecule has 1 aromatic carbocycles. The van der Waals surface area contributed by atoms with Crippen molar-refractivity contribution in [1.29, 1.82) is 0 Å². The van der Waals surface area contributed by atoms with Gasteiger partial charge in [-0.25, -0.2) is 0 Å². The van der Waals surface area contributed by atoms with Gasteiger partial charge >= 0.3 is 0 Å². The molecular formula is C26H44N4O. The van der Waals surface area contributed by atoms with Crippen molar-refractivity contribution < 1.29 is 4.74 Å². The van der Waals surface area contributed by atoms with Gasteiger partial charge in [0.05, 0.1) is 6.61 Å². The van der Waals surface area contributed by atoms with E-state index in [-0.39, 0.29) is 5.41 Å². The van der Waals surface area contributed by atoms with Crippen LogP contribution < -0.4 is 10.6 Å². The highest BCUT2D eigenvalue weighted by molar-refractivity contribution is 5.80. The average molecular weight is 429 g/mol. The molecule has 5 nitrogen and oxygen atoms in total. The van der Waals surface area contributed by atoms with Crippen LogP contribution in [0.5, 0.6) is 0 Å². The lowest BCUT2D eigenvalue weighted by Crippen LogP contribution is -2.49. The van der Waals surface area contributed by atoms with Crippen molar-refractivity contribution in [2.75, 3.05) is 45.9 Å². The van der Waals surface area contributed by atoms with Gasteiger partial charge in [0.15, 0.2) is 5.96 Å². The first-order valence-corrected chi connectivity index (χ1v) is 12.4. The summed E-state index contributed by atoms with van der Waals surface area (Å²) in [5.74, 6) is 1.73. The predicted octanol–water partition coefficient (Wildman–Crippen LogP) is 4.09. The number of piperidine rings is 1. The zero-order valence-corrected chi connectivity index (χ0v) is 20.0. The first kappa shape index (κ1) is 24.1. The van der Waals surface area contributed by atoms with Crippen molar-refractivity contribution in [3.8, 4) is 0 Å². The molecule has 31 heavy (non-hydrogen) atoms. The molecule has 0 aliphatic carbocycles. The summed E-state index contributed by atoms with van der Waals surface area (Å²) in [6, 6.07) is 11.3. The maximum Gasteiger partial charge on any atom is 0.191 e. The van der Waals surface area contributed by atoms with E-state index in [1.54, 1.807) is 0 Å². The molecule has 2 fully saturated rings. The number of rotatable bonds is 10. The number of nitrogens with zero attached hydrogens (tertiary/aromatic N) is 2. The second-order valence-electron chi connectivity index (χ2n) is 10.1. The van der Waals surface area contributed by atoms with Gasteiger partial charge in [0.25, 0.3) is 0 Å². The smallest absolute Gasteiger partial charge is 0.191 e. The number of hydrogen-bond acceptors (Lipinski definition) is 3. The van der Waals surface area contributed by atoms with Gasteiger partial charge in [-0.3, -0.25) is 4.99 Å². The zero-order valence-electron chi connectivity index (χ0n) is 20.0. The van der Waals surface area contributed by atoms with Crippen molar-refractivity contribution in [2.24, 2.45) is 16.3 Å². The Kier molecular flexibility index (Phi) is 9.66. The summed E-state index contributed by atoms with van der Waals surface area (Å²) in [4.78, 5) is 7.59. The number of aryl methyl sites for hydroxylation is 1. The lowest BCUT2D eigenvalue weighted by Gasteiger charge is -2.34. The summed E-state index contributed by atoms with van der Waals surface area (Å²) in [5.41, 5.74) is 1.65. The maximum atomic E-state index is 5.54. The molecule has 2 aliphatic heterocycles. The van der Waals surface area contributed by atoms with E-state index in [1.807, 2.05) is 0 Å². The second kappa shape index (κ2) is 12.4. The number of benzene rings is 1. The fourth-order valence-electron chi connectivity index (χ4n) is 4.65. The summed E-state index contributed by atoms with van der Waals surface area (Å²) in [6.07, 6.45) is 7.17. The third-order valence-corrected chi connectivity index (χ3v) is 6.64. The first-order valence-electron chi connectivity index (χ1n) is 12.4. The van der Waals surface area contributed by atoms with Crippen LogP contribution >= 0.6 is 0 Å². The normalized spacial score (nSPS) is 21.4. The van der Waals surface area contributed by atoms with Crippen LogP contribution in [0.2, 0.25) is 0 Å². The molecule has 3 rings (SSSR count). The van der Waals surface area contributed by atoms with Crippen LogP contribution in [-0.2, 0) is 11.2 Å². The number of hydrogen-bond donors (Lipinski definition) is 2. The van der Waals surface area contributed by atoms with E-state index in [4.69, 9.17) is 9.73 Å². The minimum absolute atomic E-state index is 0.212. The molecule has 2 N–H and O–H groups in total. The van der Waals surface area contributed by atoms with Gasteiger partial charge in [-0.05, 0) is 62.3 Å². The topological polar surface area (TPSA) is 48.9 Å². The lowest BCUT2D eigenvalue weighted by atomic mass is 9.86.